The molecule has 2 aromatic heterocycles. The van der Waals surface area contributed by atoms with Gasteiger partial charge in [0.25, 0.3) is 0 Å². The lowest BCUT2D eigenvalue weighted by molar-refractivity contribution is -0.137. The third-order valence-corrected chi connectivity index (χ3v) is 4.80. The van der Waals surface area contributed by atoms with E-state index in [0.29, 0.717) is 34.8 Å². The number of anilines is 1. The molecular weight excluding hydrogens is 433 g/mol. The summed E-state index contributed by atoms with van der Waals surface area (Å²) >= 11 is 6.14. The van der Waals surface area contributed by atoms with E-state index in [1.54, 1.807) is 18.2 Å². The summed E-state index contributed by atoms with van der Waals surface area (Å²) in [6, 6.07) is 9.96. The molecule has 0 unspecified atom stereocenters. The van der Waals surface area contributed by atoms with E-state index in [9.17, 15) is 18.0 Å². The number of amides is 1. The van der Waals surface area contributed by atoms with Crippen LogP contribution in [0.15, 0.2) is 42.5 Å². The fraction of sp³-hybridized carbons (Fsp3) is 0.200. The number of alkyl halides is 3. The molecule has 0 aliphatic rings. The fourth-order valence-electron chi connectivity index (χ4n) is 3.17. The van der Waals surface area contributed by atoms with Crippen molar-refractivity contribution in [3.63, 3.8) is 0 Å². The minimum atomic E-state index is -4.48. The number of hydrogen-bond acceptors (Lipinski definition) is 5. The molecule has 2 heterocycles. The normalized spacial score (nSPS) is 11.8. The van der Waals surface area contributed by atoms with Crippen molar-refractivity contribution in [2.75, 3.05) is 18.4 Å². The van der Waals surface area contributed by atoms with E-state index >= 15 is 0 Å². The first-order valence-corrected chi connectivity index (χ1v) is 9.62. The highest BCUT2D eigenvalue weighted by atomic mass is 35.5. The molecule has 31 heavy (non-hydrogen) atoms. The van der Waals surface area contributed by atoms with Gasteiger partial charge in [0.1, 0.15) is 11.5 Å². The van der Waals surface area contributed by atoms with Crippen LogP contribution in [0.4, 0.5) is 19.0 Å². The average molecular weight is 449 g/mol. The molecule has 160 valence electrons. The average Bonchev–Trinajstić information content (AvgIpc) is 3.14. The standard InChI is InChI=1S/C20H16ClF3N6O/c1-11(31)25-7-8-26-18-15-10-14(21)5-6-16(15)30-19(27-18)17(28-29-30)12-3-2-4-13(9-12)20(22,23)24/h2-6,9-10H,7-8H2,1H3,(H,25,31)(H,26,27). The van der Waals surface area contributed by atoms with Crippen LogP contribution in [0.2, 0.25) is 5.02 Å². The number of nitrogens with one attached hydrogen (secondary N) is 2. The minimum Gasteiger partial charge on any atom is -0.368 e. The molecule has 4 rings (SSSR count). The number of nitrogens with zero attached hydrogens (tertiary/aromatic N) is 4. The van der Waals surface area contributed by atoms with Gasteiger partial charge in [-0.2, -0.15) is 17.7 Å². The van der Waals surface area contributed by atoms with Gasteiger partial charge in [-0.1, -0.05) is 28.9 Å². The van der Waals surface area contributed by atoms with Gasteiger partial charge in [-0.05, 0) is 30.3 Å². The fourth-order valence-corrected chi connectivity index (χ4v) is 3.34. The highest BCUT2D eigenvalue weighted by molar-refractivity contribution is 6.31. The second-order valence-electron chi connectivity index (χ2n) is 6.78. The van der Waals surface area contributed by atoms with Gasteiger partial charge < -0.3 is 10.6 Å². The zero-order valence-electron chi connectivity index (χ0n) is 16.2. The lowest BCUT2D eigenvalue weighted by Gasteiger charge is -2.11. The second kappa shape index (κ2) is 8.03. The van der Waals surface area contributed by atoms with Crippen molar-refractivity contribution in [1.82, 2.24) is 25.1 Å². The molecule has 4 aromatic rings. The molecule has 2 N–H and O–H groups in total. The van der Waals surface area contributed by atoms with Crippen molar-refractivity contribution in [2.45, 2.75) is 13.1 Å². The molecule has 0 spiro atoms. The van der Waals surface area contributed by atoms with Crippen molar-refractivity contribution in [2.24, 2.45) is 0 Å². The van der Waals surface area contributed by atoms with E-state index in [1.807, 2.05) is 0 Å². The molecule has 0 atom stereocenters. The summed E-state index contributed by atoms with van der Waals surface area (Å²) in [6.45, 7) is 2.16. The van der Waals surface area contributed by atoms with Crippen LogP contribution in [0, 0.1) is 0 Å². The quantitative estimate of drug-likeness (QED) is 0.448. The Morgan fingerprint density at radius 1 is 1.16 bits per heavy atom. The van der Waals surface area contributed by atoms with Crippen LogP contribution in [-0.4, -0.2) is 38.8 Å². The Morgan fingerprint density at radius 2 is 1.97 bits per heavy atom. The number of rotatable bonds is 5. The molecule has 0 fully saturated rings. The summed E-state index contributed by atoms with van der Waals surface area (Å²) in [5.74, 6) is 0.288. The first kappa shape index (κ1) is 20.9. The summed E-state index contributed by atoms with van der Waals surface area (Å²) in [7, 11) is 0. The van der Waals surface area contributed by atoms with Crippen LogP contribution in [0.3, 0.4) is 0 Å². The first-order valence-electron chi connectivity index (χ1n) is 9.24. The molecule has 0 aliphatic carbocycles. The Balaban J connectivity index is 1.84. The van der Waals surface area contributed by atoms with Gasteiger partial charge in [0.05, 0.1) is 11.1 Å². The second-order valence-corrected chi connectivity index (χ2v) is 7.22. The van der Waals surface area contributed by atoms with Gasteiger partial charge in [-0.25, -0.2) is 4.98 Å². The number of halogens is 4. The molecule has 0 radical (unpaired) electrons. The molecule has 0 saturated carbocycles. The molecule has 0 aliphatic heterocycles. The summed E-state index contributed by atoms with van der Waals surface area (Å²) in [6.07, 6.45) is -4.48. The van der Waals surface area contributed by atoms with Crippen LogP contribution in [0.25, 0.3) is 27.8 Å². The van der Waals surface area contributed by atoms with E-state index in [4.69, 9.17) is 11.6 Å². The van der Waals surface area contributed by atoms with Crippen molar-refractivity contribution in [3.8, 4) is 11.3 Å². The zero-order valence-corrected chi connectivity index (χ0v) is 16.9. The summed E-state index contributed by atoms with van der Waals surface area (Å²) in [5.41, 5.74) is 0.591. The molecular formula is C20H16ClF3N6O. The van der Waals surface area contributed by atoms with Crippen LogP contribution >= 0.6 is 11.6 Å². The van der Waals surface area contributed by atoms with Gasteiger partial charge in [-0.3, -0.25) is 4.79 Å². The van der Waals surface area contributed by atoms with Crippen molar-refractivity contribution >= 4 is 39.9 Å². The van der Waals surface area contributed by atoms with E-state index < -0.39 is 11.7 Å². The summed E-state index contributed by atoms with van der Waals surface area (Å²) < 4.78 is 40.9. The minimum absolute atomic E-state index is 0.162. The van der Waals surface area contributed by atoms with Crippen LogP contribution < -0.4 is 10.6 Å². The Hall–Kier alpha value is -3.40. The largest absolute Gasteiger partial charge is 0.416 e. The number of aromatic nitrogens is 4. The van der Waals surface area contributed by atoms with E-state index in [0.717, 1.165) is 12.1 Å². The third-order valence-electron chi connectivity index (χ3n) is 4.56. The Kier molecular flexibility index (Phi) is 5.40. The number of benzene rings is 2. The SMILES string of the molecule is CC(=O)NCCNc1nc2c(-c3cccc(C(F)(F)F)c3)nnn2c2ccc(Cl)cc12. The van der Waals surface area contributed by atoms with Crippen LogP contribution in [0.5, 0.6) is 0 Å². The van der Waals surface area contributed by atoms with Gasteiger partial charge in [0.15, 0.2) is 5.65 Å². The molecule has 11 heteroatoms. The maximum Gasteiger partial charge on any atom is 0.416 e. The Labute approximate surface area is 179 Å². The lowest BCUT2D eigenvalue weighted by Crippen LogP contribution is -2.26. The van der Waals surface area contributed by atoms with Crippen molar-refractivity contribution in [1.29, 1.82) is 0 Å². The smallest absolute Gasteiger partial charge is 0.368 e. The van der Waals surface area contributed by atoms with E-state index in [1.165, 1.54) is 23.6 Å². The molecule has 0 saturated heterocycles. The zero-order chi connectivity index (χ0) is 22.2. The van der Waals surface area contributed by atoms with Gasteiger partial charge in [0.2, 0.25) is 5.91 Å². The highest BCUT2D eigenvalue weighted by Gasteiger charge is 2.31. The van der Waals surface area contributed by atoms with Gasteiger partial charge >= 0.3 is 6.18 Å². The van der Waals surface area contributed by atoms with E-state index in [-0.39, 0.29) is 22.8 Å². The summed E-state index contributed by atoms with van der Waals surface area (Å²) in [5, 5.41) is 15.1. The third kappa shape index (κ3) is 4.24. The molecule has 2 aromatic carbocycles. The monoisotopic (exact) mass is 448 g/mol. The van der Waals surface area contributed by atoms with E-state index in [2.05, 4.69) is 25.9 Å². The lowest BCUT2D eigenvalue weighted by atomic mass is 10.1. The number of fused-ring (bicyclic) bond motifs is 3. The van der Waals surface area contributed by atoms with Crippen LogP contribution in [0.1, 0.15) is 12.5 Å². The topological polar surface area (TPSA) is 84.2 Å². The number of carbonyl (C=O) groups excluding carboxylic acids is 1. The van der Waals surface area contributed by atoms with Gasteiger partial charge in [0, 0.05) is 36.0 Å². The highest BCUT2D eigenvalue weighted by Crippen LogP contribution is 2.34. The predicted octanol–water partition coefficient (Wildman–Crippen LogP) is 4.16. The predicted molar refractivity (Wildman–Crippen MR) is 111 cm³/mol. The Bertz CT molecular complexity index is 1290. The van der Waals surface area contributed by atoms with Crippen LogP contribution in [-0.2, 0) is 11.0 Å². The maximum absolute atomic E-state index is 13.2. The van der Waals surface area contributed by atoms with Crippen molar-refractivity contribution < 1.29 is 18.0 Å². The molecule has 1 amide bonds. The Morgan fingerprint density at radius 3 is 2.71 bits per heavy atom. The number of hydrogen-bond donors (Lipinski definition) is 2. The van der Waals surface area contributed by atoms with Gasteiger partial charge in [-0.15, -0.1) is 5.10 Å². The first-order chi connectivity index (χ1) is 14.7. The summed E-state index contributed by atoms with van der Waals surface area (Å²) in [4.78, 5) is 15.6. The molecule has 7 nitrogen and oxygen atoms in total. The van der Waals surface area contributed by atoms with Crippen molar-refractivity contribution in [3.05, 3.63) is 53.1 Å². The molecule has 0 bridgehead atoms. The number of carbonyl (C=O) groups is 1. The maximum atomic E-state index is 13.2.